The molecule has 0 radical (unpaired) electrons. The number of nitriles is 1. The van der Waals surface area contributed by atoms with Crippen LogP contribution in [-0.2, 0) is 4.79 Å². The molecule has 0 aliphatic heterocycles. The molecule has 6 nitrogen and oxygen atoms in total. The Bertz CT molecular complexity index is 769. The summed E-state index contributed by atoms with van der Waals surface area (Å²) in [5.41, 5.74) is 1.10. The predicted molar refractivity (Wildman–Crippen MR) is 90.4 cm³/mol. The topological polar surface area (TPSA) is 96.0 Å². The fraction of sp³-hybridized carbons (Fsp3) is 0.368. The SMILES string of the molecule is N#CC(C(=O)NC1CCCCC1)C(=O)c1ccc(-c2cnco2)cc1. The summed E-state index contributed by atoms with van der Waals surface area (Å²) in [6.45, 7) is 0. The maximum Gasteiger partial charge on any atom is 0.245 e. The second-order valence-electron chi connectivity index (χ2n) is 6.21. The van der Waals surface area contributed by atoms with Crippen LogP contribution >= 0.6 is 0 Å². The third-order valence-electron chi connectivity index (χ3n) is 4.49. The lowest BCUT2D eigenvalue weighted by Crippen LogP contribution is -2.42. The molecule has 1 heterocycles. The molecule has 25 heavy (non-hydrogen) atoms. The number of nitrogens with one attached hydrogen (secondary N) is 1. The van der Waals surface area contributed by atoms with Gasteiger partial charge in [0.15, 0.2) is 23.9 Å². The van der Waals surface area contributed by atoms with Crippen LogP contribution < -0.4 is 5.32 Å². The molecule has 3 rings (SSSR count). The van der Waals surface area contributed by atoms with Crippen molar-refractivity contribution in [3.63, 3.8) is 0 Å². The van der Waals surface area contributed by atoms with Gasteiger partial charge in [-0.3, -0.25) is 9.59 Å². The van der Waals surface area contributed by atoms with E-state index in [0.717, 1.165) is 31.2 Å². The molecule has 1 amide bonds. The molecule has 1 unspecified atom stereocenters. The first-order chi connectivity index (χ1) is 12.2. The minimum atomic E-state index is -1.32. The zero-order chi connectivity index (χ0) is 17.6. The fourth-order valence-corrected chi connectivity index (χ4v) is 3.09. The normalized spacial score (nSPS) is 16.0. The highest BCUT2D eigenvalue weighted by molar-refractivity contribution is 6.12. The molecule has 1 N–H and O–H groups in total. The molecular formula is C19H19N3O3. The Kier molecular flexibility index (Phi) is 5.24. The number of hydrogen-bond donors (Lipinski definition) is 1. The minimum Gasteiger partial charge on any atom is -0.444 e. The van der Waals surface area contributed by atoms with E-state index in [1.54, 1.807) is 30.5 Å². The van der Waals surface area contributed by atoms with Crippen molar-refractivity contribution < 1.29 is 14.0 Å². The van der Waals surface area contributed by atoms with Crippen LogP contribution in [0, 0.1) is 17.2 Å². The molecule has 1 aromatic heterocycles. The van der Waals surface area contributed by atoms with Gasteiger partial charge in [-0.1, -0.05) is 43.5 Å². The fourth-order valence-electron chi connectivity index (χ4n) is 3.09. The van der Waals surface area contributed by atoms with Crippen LogP contribution in [0.2, 0.25) is 0 Å². The number of oxazole rings is 1. The molecule has 0 saturated heterocycles. The average molecular weight is 337 g/mol. The van der Waals surface area contributed by atoms with Gasteiger partial charge in [0.25, 0.3) is 0 Å². The molecule has 1 aromatic carbocycles. The molecule has 1 aliphatic rings. The number of hydrogen-bond acceptors (Lipinski definition) is 5. The van der Waals surface area contributed by atoms with Gasteiger partial charge in [-0.15, -0.1) is 0 Å². The average Bonchev–Trinajstić information content (AvgIpc) is 3.18. The van der Waals surface area contributed by atoms with Crippen molar-refractivity contribution in [1.82, 2.24) is 10.3 Å². The molecule has 1 atom stereocenters. The van der Waals surface area contributed by atoms with Crippen LogP contribution in [0.5, 0.6) is 0 Å². The van der Waals surface area contributed by atoms with Crippen molar-refractivity contribution in [3.05, 3.63) is 42.4 Å². The van der Waals surface area contributed by atoms with Crippen LogP contribution in [0.4, 0.5) is 0 Å². The van der Waals surface area contributed by atoms with Crippen LogP contribution in [0.15, 0.2) is 41.3 Å². The lowest BCUT2D eigenvalue weighted by atomic mass is 9.93. The number of rotatable bonds is 5. The van der Waals surface area contributed by atoms with Crippen molar-refractivity contribution in [3.8, 4) is 17.4 Å². The van der Waals surface area contributed by atoms with Gasteiger partial charge in [0.05, 0.1) is 12.3 Å². The van der Waals surface area contributed by atoms with E-state index in [0.29, 0.717) is 11.3 Å². The van der Waals surface area contributed by atoms with Gasteiger partial charge in [0.2, 0.25) is 5.91 Å². The number of Topliss-reactive ketones (excluding diaryl/α,β-unsaturated/α-hetero) is 1. The van der Waals surface area contributed by atoms with Crippen molar-refractivity contribution in [2.24, 2.45) is 5.92 Å². The molecule has 1 aliphatic carbocycles. The van der Waals surface area contributed by atoms with Gasteiger partial charge in [0, 0.05) is 17.2 Å². The first-order valence-corrected chi connectivity index (χ1v) is 8.42. The van der Waals surface area contributed by atoms with Crippen molar-refractivity contribution >= 4 is 11.7 Å². The Morgan fingerprint density at radius 3 is 2.52 bits per heavy atom. The Morgan fingerprint density at radius 2 is 1.92 bits per heavy atom. The number of ketones is 1. The van der Waals surface area contributed by atoms with Gasteiger partial charge in [-0.25, -0.2) is 4.98 Å². The van der Waals surface area contributed by atoms with Gasteiger partial charge in [0.1, 0.15) is 0 Å². The van der Waals surface area contributed by atoms with E-state index in [1.807, 2.05) is 6.07 Å². The summed E-state index contributed by atoms with van der Waals surface area (Å²) in [4.78, 5) is 28.7. The second-order valence-corrected chi connectivity index (χ2v) is 6.21. The number of carbonyl (C=O) groups is 2. The van der Waals surface area contributed by atoms with Gasteiger partial charge in [-0.2, -0.15) is 5.26 Å². The smallest absolute Gasteiger partial charge is 0.245 e. The van der Waals surface area contributed by atoms with Crippen LogP contribution in [-0.4, -0.2) is 22.7 Å². The third-order valence-corrected chi connectivity index (χ3v) is 4.49. The summed E-state index contributed by atoms with van der Waals surface area (Å²) in [6.07, 6.45) is 8.03. The highest BCUT2D eigenvalue weighted by atomic mass is 16.3. The summed E-state index contributed by atoms with van der Waals surface area (Å²) < 4.78 is 5.20. The molecule has 1 saturated carbocycles. The second kappa shape index (κ2) is 7.75. The molecule has 2 aromatic rings. The van der Waals surface area contributed by atoms with E-state index in [9.17, 15) is 14.9 Å². The summed E-state index contributed by atoms with van der Waals surface area (Å²) >= 11 is 0. The monoisotopic (exact) mass is 337 g/mol. The van der Waals surface area contributed by atoms with Crippen LogP contribution in [0.1, 0.15) is 42.5 Å². The summed E-state index contributed by atoms with van der Waals surface area (Å²) in [5.74, 6) is -1.72. The van der Waals surface area contributed by atoms with E-state index in [2.05, 4.69) is 10.3 Å². The number of nitrogens with zero attached hydrogens (tertiary/aromatic N) is 2. The van der Waals surface area contributed by atoms with E-state index in [-0.39, 0.29) is 6.04 Å². The third kappa shape index (κ3) is 3.94. The summed E-state index contributed by atoms with van der Waals surface area (Å²) in [7, 11) is 0. The van der Waals surface area contributed by atoms with Crippen LogP contribution in [0.3, 0.4) is 0 Å². The lowest BCUT2D eigenvalue weighted by Gasteiger charge is -2.23. The molecule has 6 heteroatoms. The van der Waals surface area contributed by atoms with E-state index < -0.39 is 17.6 Å². The highest BCUT2D eigenvalue weighted by Gasteiger charge is 2.29. The molecule has 0 spiro atoms. The maximum atomic E-state index is 12.5. The van der Waals surface area contributed by atoms with Gasteiger partial charge in [-0.05, 0) is 12.8 Å². The predicted octanol–water partition coefficient (Wildman–Crippen LogP) is 3.11. The van der Waals surface area contributed by atoms with Crippen LogP contribution in [0.25, 0.3) is 11.3 Å². The maximum absolute atomic E-state index is 12.5. The molecule has 0 bridgehead atoms. The van der Waals surface area contributed by atoms with Gasteiger partial charge < -0.3 is 9.73 Å². The molecular weight excluding hydrogens is 318 g/mol. The van der Waals surface area contributed by atoms with Crippen molar-refractivity contribution in [1.29, 1.82) is 5.26 Å². The number of aromatic nitrogens is 1. The molecule has 1 fully saturated rings. The summed E-state index contributed by atoms with van der Waals surface area (Å²) in [6, 6.07) is 8.52. The van der Waals surface area contributed by atoms with E-state index in [1.165, 1.54) is 12.8 Å². The quantitative estimate of drug-likeness (QED) is 0.668. The van der Waals surface area contributed by atoms with E-state index >= 15 is 0 Å². The number of benzene rings is 1. The Balaban J connectivity index is 1.69. The van der Waals surface area contributed by atoms with Gasteiger partial charge >= 0.3 is 0 Å². The zero-order valence-electron chi connectivity index (χ0n) is 13.8. The van der Waals surface area contributed by atoms with Crippen molar-refractivity contribution in [2.75, 3.05) is 0 Å². The first kappa shape index (κ1) is 16.9. The summed E-state index contributed by atoms with van der Waals surface area (Å²) in [5, 5.41) is 12.2. The van der Waals surface area contributed by atoms with Crippen molar-refractivity contribution in [2.45, 2.75) is 38.1 Å². The largest absolute Gasteiger partial charge is 0.444 e. The zero-order valence-corrected chi connectivity index (χ0v) is 13.8. The number of carbonyl (C=O) groups excluding carboxylic acids is 2. The number of amides is 1. The Hall–Kier alpha value is -2.94. The first-order valence-electron chi connectivity index (χ1n) is 8.42. The Morgan fingerprint density at radius 1 is 1.20 bits per heavy atom. The standard InChI is InChI=1S/C19H19N3O3/c20-10-16(19(24)22-15-4-2-1-3-5-15)18(23)14-8-6-13(7-9-14)17-11-21-12-25-17/h6-9,11-12,15-16H,1-5H2,(H,22,24). The minimum absolute atomic E-state index is 0.0683. The lowest BCUT2D eigenvalue weighted by molar-refractivity contribution is -0.123. The molecule has 128 valence electrons. The Labute approximate surface area is 145 Å². The van der Waals surface area contributed by atoms with E-state index in [4.69, 9.17) is 4.42 Å². The highest BCUT2D eigenvalue weighted by Crippen LogP contribution is 2.21.